The summed E-state index contributed by atoms with van der Waals surface area (Å²) in [5.74, 6) is 1.45. The molecular formula is C19H22N2OS. The second-order valence-electron chi connectivity index (χ2n) is 6.02. The number of nitrogens with zero attached hydrogens (tertiary/aromatic N) is 1. The molecule has 0 saturated carbocycles. The number of hydrogen-bond donors (Lipinski definition) is 1. The van der Waals surface area contributed by atoms with Crippen LogP contribution in [-0.4, -0.2) is 18.1 Å². The third kappa shape index (κ3) is 4.45. The summed E-state index contributed by atoms with van der Waals surface area (Å²) < 4.78 is 6.94. The van der Waals surface area contributed by atoms with Gasteiger partial charge in [-0.2, -0.15) is 0 Å². The van der Waals surface area contributed by atoms with Crippen LogP contribution < -0.4 is 10.1 Å². The molecule has 0 bridgehead atoms. The maximum atomic E-state index is 5.78. The van der Waals surface area contributed by atoms with Crippen molar-refractivity contribution in [3.63, 3.8) is 0 Å². The summed E-state index contributed by atoms with van der Waals surface area (Å²) in [6.07, 6.45) is 1.000. The average molecular weight is 326 g/mol. The van der Waals surface area contributed by atoms with E-state index in [1.54, 1.807) is 11.3 Å². The Morgan fingerprint density at radius 2 is 1.96 bits per heavy atom. The number of ether oxygens (including phenoxy) is 1. The van der Waals surface area contributed by atoms with Crippen LogP contribution in [0.25, 0.3) is 10.2 Å². The second kappa shape index (κ2) is 7.47. The van der Waals surface area contributed by atoms with Crippen LogP contribution >= 0.6 is 11.3 Å². The van der Waals surface area contributed by atoms with Crippen LogP contribution in [-0.2, 0) is 6.42 Å². The third-order valence-electron chi connectivity index (χ3n) is 3.48. The predicted octanol–water partition coefficient (Wildman–Crippen LogP) is 4.99. The Balaban J connectivity index is 1.61. The molecule has 0 unspecified atom stereocenters. The standard InChI is InChI=1S/C19H22N2OS/c1-14(2)13-22-16-8-9-17-18(12-16)23-19(21-17)20-11-10-15-6-4-3-5-7-15/h3-9,12,14H,10-11,13H2,1-2H3,(H,20,21). The first-order valence-corrected chi connectivity index (χ1v) is 8.83. The van der Waals surface area contributed by atoms with Gasteiger partial charge in [0.1, 0.15) is 5.75 Å². The van der Waals surface area contributed by atoms with Gasteiger partial charge in [0.2, 0.25) is 0 Å². The molecule has 2 aromatic carbocycles. The maximum absolute atomic E-state index is 5.78. The van der Waals surface area contributed by atoms with Gasteiger partial charge in [-0.3, -0.25) is 0 Å². The molecule has 0 fully saturated rings. The molecule has 0 spiro atoms. The quantitative estimate of drug-likeness (QED) is 0.664. The smallest absolute Gasteiger partial charge is 0.183 e. The molecule has 0 radical (unpaired) electrons. The number of aromatic nitrogens is 1. The summed E-state index contributed by atoms with van der Waals surface area (Å²) >= 11 is 1.68. The van der Waals surface area contributed by atoms with E-state index in [9.17, 15) is 0 Å². The largest absolute Gasteiger partial charge is 0.493 e. The van der Waals surface area contributed by atoms with E-state index < -0.39 is 0 Å². The topological polar surface area (TPSA) is 34.1 Å². The van der Waals surface area contributed by atoms with E-state index in [0.717, 1.165) is 40.7 Å². The molecule has 3 rings (SSSR count). The van der Waals surface area contributed by atoms with Gasteiger partial charge in [-0.1, -0.05) is 55.5 Å². The van der Waals surface area contributed by atoms with E-state index in [2.05, 4.69) is 54.5 Å². The van der Waals surface area contributed by atoms with Gasteiger partial charge < -0.3 is 10.1 Å². The summed E-state index contributed by atoms with van der Waals surface area (Å²) in [4.78, 5) is 4.63. The Hall–Kier alpha value is -2.07. The minimum absolute atomic E-state index is 0.530. The Morgan fingerprint density at radius 1 is 1.13 bits per heavy atom. The zero-order valence-corrected chi connectivity index (χ0v) is 14.4. The fourth-order valence-electron chi connectivity index (χ4n) is 2.29. The number of thiazole rings is 1. The molecule has 0 aliphatic heterocycles. The van der Waals surface area contributed by atoms with Gasteiger partial charge in [-0.25, -0.2) is 4.98 Å². The van der Waals surface area contributed by atoms with Gasteiger partial charge in [-0.05, 0) is 36.1 Å². The summed E-state index contributed by atoms with van der Waals surface area (Å²) in [6.45, 7) is 5.94. The SMILES string of the molecule is CC(C)COc1ccc2nc(NCCc3ccccc3)sc2c1. The Bertz CT molecular complexity index is 752. The van der Waals surface area contributed by atoms with Crippen molar-refractivity contribution in [3.8, 4) is 5.75 Å². The van der Waals surface area contributed by atoms with Crippen molar-refractivity contribution in [1.82, 2.24) is 4.98 Å². The van der Waals surface area contributed by atoms with Gasteiger partial charge in [-0.15, -0.1) is 0 Å². The molecule has 0 atom stereocenters. The van der Waals surface area contributed by atoms with Crippen molar-refractivity contribution in [2.45, 2.75) is 20.3 Å². The minimum atomic E-state index is 0.530. The van der Waals surface area contributed by atoms with Crippen LogP contribution in [0, 0.1) is 5.92 Å². The van der Waals surface area contributed by atoms with Crippen LogP contribution in [0.15, 0.2) is 48.5 Å². The number of hydrogen-bond acceptors (Lipinski definition) is 4. The van der Waals surface area contributed by atoms with E-state index in [0.29, 0.717) is 5.92 Å². The van der Waals surface area contributed by atoms with Gasteiger partial charge in [0.15, 0.2) is 5.13 Å². The zero-order chi connectivity index (χ0) is 16.1. The first-order valence-electron chi connectivity index (χ1n) is 8.02. The van der Waals surface area contributed by atoms with Gasteiger partial charge >= 0.3 is 0 Å². The summed E-state index contributed by atoms with van der Waals surface area (Å²) in [6, 6.07) is 16.6. The van der Waals surface area contributed by atoms with E-state index >= 15 is 0 Å². The van der Waals surface area contributed by atoms with Gasteiger partial charge in [0.05, 0.1) is 16.8 Å². The van der Waals surface area contributed by atoms with Crippen LogP contribution in [0.5, 0.6) is 5.75 Å². The van der Waals surface area contributed by atoms with E-state index in [-0.39, 0.29) is 0 Å². The van der Waals surface area contributed by atoms with Crippen molar-refractivity contribution in [2.24, 2.45) is 5.92 Å². The summed E-state index contributed by atoms with van der Waals surface area (Å²) in [5, 5.41) is 4.39. The van der Waals surface area contributed by atoms with E-state index in [4.69, 9.17) is 4.74 Å². The first kappa shape index (κ1) is 15.8. The molecule has 1 aromatic heterocycles. The molecule has 1 N–H and O–H groups in total. The first-order chi connectivity index (χ1) is 11.2. The maximum Gasteiger partial charge on any atom is 0.183 e. The van der Waals surface area contributed by atoms with Gasteiger partial charge in [0.25, 0.3) is 0 Å². The van der Waals surface area contributed by atoms with E-state index in [1.165, 1.54) is 5.56 Å². The molecule has 0 amide bonds. The van der Waals surface area contributed by atoms with E-state index in [1.807, 2.05) is 18.2 Å². The number of fused-ring (bicyclic) bond motifs is 1. The summed E-state index contributed by atoms with van der Waals surface area (Å²) in [5.41, 5.74) is 2.36. The highest BCUT2D eigenvalue weighted by atomic mass is 32.1. The van der Waals surface area contributed by atoms with Crippen molar-refractivity contribution in [2.75, 3.05) is 18.5 Å². The lowest BCUT2D eigenvalue weighted by molar-refractivity contribution is 0.271. The Kier molecular flexibility index (Phi) is 5.13. The molecule has 1 heterocycles. The van der Waals surface area contributed by atoms with Crippen LogP contribution in [0.4, 0.5) is 5.13 Å². The molecular weight excluding hydrogens is 304 g/mol. The lowest BCUT2D eigenvalue weighted by Gasteiger charge is -2.07. The molecule has 3 nitrogen and oxygen atoms in total. The highest BCUT2D eigenvalue weighted by Gasteiger charge is 2.05. The minimum Gasteiger partial charge on any atom is -0.493 e. The molecule has 3 aromatic rings. The van der Waals surface area contributed by atoms with Crippen molar-refractivity contribution < 1.29 is 4.74 Å². The van der Waals surface area contributed by atoms with Crippen molar-refractivity contribution in [3.05, 3.63) is 54.1 Å². The molecule has 23 heavy (non-hydrogen) atoms. The molecule has 0 aliphatic carbocycles. The predicted molar refractivity (Wildman–Crippen MR) is 98.6 cm³/mol. The fraction of sp³-hybridized carbons (Fsp3) is 0.316. The number of anilines is 1. The van der Waals surface area contributed by atoms with Crippen molar-refractivity contribution in [1.29, 1.82) is 0 Å². The fourth-order valence-corrected chi connectivity index (χ4v) is 3.21. The lowest BCUT2D eigenvalue weighted by atomic mass is 10.2. The molecule has 120 valence electrons. The molecule has 0 saturated heterocycles. The molecule has 4 heteroatoms. The van der Waals surface area contributed by atoms with Crippen LogP contribution in [0.2, 0.25) is 0 Å². The zero-order valence-electron chi connectivity index (χ0n) is 13.6. The molecule has 0 aliphatic rings. The van der Waals surface area contributed by atoms with Gasteiger partial charge in [0, 0.05) is 6.54 Å². The van der Waals surface area contributed by atoms with Crippen molar-refractivity contribution >= 4 is 26.7 Å². The number of nitrogens with one attached hydrogen (secondary N) is 1. The third-order valence-corrected chi connectivity index (χ3v) is 4.45. The highest BCUT2D eigenvalue weighted by Crippen LogP contribution is 2.29. The average Bonchev–Trinajstić information content (AvgIpc) is 2.96. The lowest BCUT2D eigenvalue weighted by Crippen LogP contribution is -2.04. The monoisotopic (exact) mass is 326 g/mol. The summed E-state index contributed by atoms with van der Waals surface area (Å²) in [7, 11) is 0. The van der Waals surface area contributed by atoms with Crippen LogP contribution in [0.1, 0.15) is 19.4 Å². The number of benzene rings is 2. The normalized spacial score (nSPS) is 11.1. The number of rotatable bonds is 7. The second-order valence-corrected chi connectivity index (χ2v) is 7.05. The highest BCUT2D eigenvalue weighted by molar-refractivity contribution is 7.22. The Labute approximate surface area is 141 Å². The van der Waals surface area contributed by atoms with Crippen LogP contribution in [0.3, 0.4) is 0 Å². The Morgan fingerprint density at radius 3 is 2.74 bits per heavy atom.